The standard InChI is InChI=1S/C13H23NO4/c1-5-6-7-11(15)14-10(12(16)17)8-9-18-13(2,3)4/h5,10H,1,6-9H2,2-4H3,(H,14,15)(H,16,17). The summed E-state index contributed by atoms with van der Waals surface area (Å²) >= 11 is 0. The highest BCUT2D eigenvalue weighted by Gasteiger charge is 2.20. The van der Waals surface area contributed by atoms with Gasteiger partial charge in [0, 0.05) is 19.4 Å². The molecule has 0 aromatic heterocycles. The van der Waals surface area contributed by atoms with Crippen LogP contribution in [-0.2, 0) is 14.3 Å². The quantitative estimate of drug-likeness (QED) is 0.649. The molecule has 0 radical (unpaired) electrons. The Morgan fingerprint density at radius 2 is 2.06 bits per heavy atom. The molecule has 0 aliphatic heterocycles. The van der Waals surface area contributed by atoms with Crippen LogP contribution in [0, 0.1) is 0 Å². The minimum absolute atomic E-state index is 0.256. The van der Waals surface area contributed by atoms with E-state index >= 15 is 0 Å². The maximum atomic E-state index is 11.4. The average molecular weight is 257 g/mol. The van der Waals surface area contributed by atoms with Crippen LogP contribution in [-0.4, -0.2) is 35.2 Å². The van der Waals surface area contributed by atoms with Gasteiger partial charge in [-0.15, -0.1) is 6.58 Å². The molecule has 1 amide bonds. The van der Waals surface area contributed by atoms with E-state index in [0.29, 0.717) is 13.0 Å². The lowest BCUT2D eigenvalue weighted by molar-refractivity contribution is -0.142. The molecule has 0 aliphatic rings. The number of allylic oxidation sites excluding steroid dienone is 1. The number of amides is 1. The maximum absolute atomic E-state index is 11.4. The van der Waals surface area contributed by atoms with Crippen LogP contribution in [0.2, 0.25) is 0 Å². The van der Waals surface area contributed by atoms with Crippen molar-refractivity contribution in [2.75, 3.05) is 6.61 Å². The van der Waals surface area contributed by atoms with Gasteiger partial charge in [-0.05, 0) is 27.2 Å². The number of carbonyl (C=O) groups excluding carboxylic acids is 1. The third-order valence-electron chi connectivity index (χ3n) is 2.15. The lowest BCUT2D eigenvalue weighted by Crippen LogP contribution is -2.41. The van der Waals surface area contributed by atoms with E-state index in [2.05, 4.69) is 11.9 Å². The summed E-state index contributed by atoms with van der Waals surface area (Å²) in [5, 5.41) is 11.5. The van der Waals surface area contributed by atoms with Crippen molar-refractivity contribution >= 4 is 11.9 Å². The molecule has 0 heterocycles. The SMILES string of the molecule is C=CCCC(=O)NC(CCOC(C)(C)C)C(=O)O. The van der Waals surface area contributed by atoms with E-state index in [1.807, 2.05) is 20.8 Å². The lowest BCUT2D eigenvalue weighted by Gasteiger charge is -2.21. The lowest BCUT2D eigenvalue weighted by atomic mass is 10.1. The highest BCUT2D eigenvalue weighted by molar-refractivity contribution is 5.83. The zero-order chi connectivity index (χ0) is 14.2. The van der Waals surface area contributed by atoms with E-state index < -0.39 is 12.0 Å². The summed E-state index contributed by atoms with van der Waals surface area (Å²) < 4.78 is 5.44. The number of aliphatic carboxylic acids is 1. The summed E-state index contributed by atoms with van der Waals surface area (Å²) in [7, 11) is 0. The number of rotatable bonds is 8. The summed E-state index contributed by atoms with van der Waals surface area (Å²) in [5.41, 5.74) is -0.310. The summed E-state index contributed by atoms with van der Waals surface area (Å²) in [6.45, 7) is 9.48. The van der Waals surface area contributed by atoms with Crippen LogP contribution in [0.5, 0.6) is 0 Å². The average Bonchev–Trinajstić information content (AvgIpc) is 2.23. The van der Waals surface area contributed by atoms with E-state index in [9.17, 15) is 9.59 Å². The van der Waals surface area contributed by atoms with Crippen LogP contribution >= 0.6 is 0 Å². The van der Waals surface area contributed by atoms with Crippen molar-refractivity contribution in [3.05, 3.63) is 12.7 Å². The first kappa shape index (κ1) is 16.6. The first-order valence-corrected chi connectivity index (χ1v) is 6.03. The first-order valence-electron chi connectivity index (χ1n) is 6.03. The molecular formula is C13H23NO4. The fourth-order valence-electron chi connectivity index (χ4n) is 1.24. The molecule has 0 saturated heterocycles. The van der Waals surface area contributed by atoms with Crippen LogP contribution in [0.4, 0.5) is 0 Å². The Labute approximate surface area is 108 Å². The van der Waals surface area contributed by atoms with Crippen molar-refractivity contribution in [2.24, 2.45) is 0 Å². The molecule has 0 aromatic rings. The zero-order valence-electron chi connectivity index (χ0n) is 11.4. The largest absolute Gasteiger partial charge is 0.480 e. The molecule has 0 bridgehead atoms. The van der Waals surface area contributed by atoms with Gasteiger partial charge in [-0.2, -0.15) is 0 Å². The Hall–Kier alpha value is -1.36. The van der Waals surface area contributed by atoms with Crippen molar-refractivity contribution in [1.82, 2.24) is 5.32 Å². The fraction of sp³-hybridized carbons (Fsp3) is 0.692. The molecule has 0 saturated carbocycles. The van der Waals surface area contributed by atoms with Gasteiger partial charge < -0.3 is 15.2 Å². The zero-order valence-corrected chi connectivity index (χ0v) is 11.4. The highest BCUT2D eigenvalue weighted by Crippen LogP contribution is 2.08. The van der Waals surface area contributed by atoms with Crippen molar-refractivity contribution < 1.29 is 19.4 Å². The van der Waals surface area contributed by atoms with Crippen molar-refractivity contribution in [3.63, 3.8) is 0 Å². The predicted octanol–water partition coefficient (Wildman–Crippen LogP) is 1.73. The molecule has 1 atom stereocenters. The van der Waals surface area contributed by atoms with Gasteiger partial charge >= 0.3 is 5.97 Å². The van der Waals surface area contributed by atoms with Crippen LogP contribution in [0.25, 0.3) is 0 Å². The van der Waals surface area contributed by atoms with E-state index in [-0.39, 0.29) is 24.3 Å². The van der Waals surface area contributed by atoms with Gasteiger partial charge in [-0.1, -0.05) is 6.08 Å². The Balaban J connectivity index is 4.11. The number of carbonyl (C=O) groups is 2. The molecule has 0 aliphatic carbocycles. The second-order valence-electron chi connectivity index (χ2n) is 5.04. The molecule has 0 aromatic carbocycles. The molecule has 0 spiro atoms. The molecule has 1 unspecified atom stereocenters. The van der Waals surface area contributed by atoms with Crippen molar-refractivity contribution in [1.29, 1.82) is 0 Å². The monoisotopic (exact) mass is 257 g/mol. The Morgan fingerprint density at radius 1 is 1.44 bits per heavy atom. The molecule has 104 valence electrons. The van der Waals surface area contributed by atoms with Gasteiger partial charge in [-0.3, -0.25) is 4.79 Å². The molecule has 18 heavy (non-hydrogen) atoms. The molecular weight excluding hydrogens is 234 g/mol. The number of nitrogens with one attached hydrogen (secondary N) is 1. The predicted molar refractivity (Wildman–Crippen MR) is 69.3 cm³/mol. The minimum Gasteiger partial charge on any atom is -0.480 e. The summed E-state index contributed by atoms with van der Waals surface area (Å²) in [6.07, 6.45) is 2.68. The number of ether oxygens (including phenoxy) is 1. The Kier molecular flexibility index (Phi) is 7.27. The molecule has 5 nitrogen and oxygen atoms in total. The summed E-state index contributed by atoms with van der Waals surface area (Å²) in [6, 6.07) is -0.898. The molecule has 0 fully saturated rings. The third kappa shape index (κ3) is 8.75. The number of hydrogen-bond donors (Lipinski definition) is 2. The number of carboxylic acids is 1. The second-order valence-corrected chi connectivity index (χ2v) is 5.04. The van der Waals surface area contributed by atoms with Crippen LogP contribution in [0.3, 0.4) is 0 Å². The van der Waals surface area contributed by atoms with Crippen molar-refractivity contribution in [2.45, 2.75) is 51.7 Å². The summed E-state index contributed by atoms with van der Waals surface area (Å²) in [5.74, 6) is -1.32. The molecule has 5 heteroatoms. The Morgan fingerprint density at radius 3 is 2.50 bits per heavy atom. The second kappa shape index (κ2) is 7.87. The van der Waals surface area contributed by atoms with Gasteiger partial charge in [0.25, 0.3) is 0 Å². The van der Waals surface area contributed by atoms with Gasteiger partial charge in [-0.25, -0.2) is 4.79 Å². The maximum Gasteiger partial charge on any atom is 0.326 e. The number of carboxylic acid groups (broad SMARTS) is 1. The first-order chi connectivity index (χ1) is 8.26. The topological polar surface area (TPSA) is 75.6 Å². The fourth-order valence-corrected chi connectivity index (χ4v) is 1.24. The molecule has 2 N–H and O–H groups in total. The summed E-state index contributed by atoms with van der Waals surface area (Å²) in [4.78, 5) is 22.4. The van der Waals surface area contributed by atoms with Gasteiger partial charge in [0.05, 0.1) is 5.60 Å². The minimum atomic E-state index is -1.04. The van der Waals surface area contributed by atoms with Gasteiger partial charge in [0.2, 0.25) is 5.91 Å². The van der Waals surface area contributed by atoms with E-state index in [0.717, 1.165) is 0 Å². The van der Waals surface area contributed by atoms with E-state index in [1.165, 1.54) is 0 Å². The van der Waals surface area contributed by atoms with Crippen LogP contribution < -0.4 is 5.32 Å². The van der Waals surface area contributed by atoms with Crippen LogP contribution in [0.1, 0.15) is 40.0 Å². The number of hydrogen-bond acceptors (Lipinski definition) is 3. The third-order valence-corrected chi connectivity index (χ3v) is 2.15. The van der Waals surface area contributed by atoms with Gasteiger partial charge in [0.1, 0.15) is 6.04 Å². The van der Waals surface area contributed by atoms with E-state index in [1.54, 1.807) is 6.08 Å². The van der Waals surface area contributed by atoms with E-state index in [4.69, 9.17) is 9.84 Å². The normalized spacial score (nSPS) is 12.8. The highest BCUT2D eigenvalue weighted by atomic mass is 16.5. The smallest absolute Gasteiger partial charge is 0.326 e. The van der Waals surface area contributed by atoms with Crippen molar-refractivity contribution in [3.8, 4) is 0 Å². The Bertz CT molecular complexity index is 294. The van der Waals surface area contributed by atoms with Crippen LogP contribution in [0.15, 0.2) is 12.7 Å². The van der Waals surface area contributed by atoms with Gasteiger partial charge in [0.15, 0.2) is 0 Å². The molecule has 0 rings (SSSR count).